The van der Waals surface area contributed by atoms with Crippen molar-refractivity contribution in [2.24, 2.45) is 0 Å². The lowest BCUT2D eigenvalue weighted by molar-refractivity contribution is 0.461. The van der Waals surface area contributed by atoms with Crippen molar-refractivity contribution in [2.45, 2.75) is 4.90 Å². The van der Waals surface area contributed by atoms with Gasteiger partial charge in [-0.3, -0.25) is 9.29 Å². The van der Waals surface area contributed by atoms with Crippen LogP contribution in [0.25, 0.3) is 5.82 Å². The molecule has 0 unspecified atom stereocenters. The maximum atomic E-state index is 12.8. The fraction of sp³-hybridized carbons (Fsp3) is 0. The molecular formula is C25H19N5O4S. The van der Waals surface area contributed by atoms with Gasteiger partial charge < -0.3 is 9.47 Å². The Hall–Kier alpha value is -4.70. The van der Waals surface area contributed by atoms with E-state index in [0.717, 1.165) is 0 Å². The zero-order chi connectivity index (χ0) is 24.1. The molecule has 0 fully saturated rings. The number of hydrogen-bond donors (Lipinski definition) is 1. The molecule has 10 heteroatoms. The number of para-hydroxylation sites is 1. The number of sulfonamides is 1. The van der Waals surface area contributed by atoms with E-state index in [1.165, 1.54) is 18.5 Å². The number of rotatable bonds is 8. The van der Waals surface area contributed by atoms with Crippen LogP contribution in [0, 0.1) is 0 Å². The molecule has 0 spiro atoms. The highest BCUT2D eigenvalue weighted by Gasteiger charge is 2.14. The van der Waals surface area contributed by atoms with Crippen molar-refractivity contribution in [2.75, 3.05) is 4.72 Å². The molecule has 2 aromatic heterocycles. The van der Waals surface area contributed by atoms with Gasteiger partial charge in [0.2, 0.25) is 5.88 Å². The SMILES string of the molecule is O=S(=O)(Nc1ccc(Oc2cc(-n3ccnc3)ncn2)cc1)c1ccc(Oc2ccccc2)cc1. The summed E-state index contributed by atoms with van der Waals surface area (Å²) in [5.41, 5.74) is 0.392. The van der Waals surface area contributed by atoms with Crippen molar-refractivity contribution >= 4 is 15.7 Å². The minimum Gasteiger partial charge on any atom is -0.457 e. The summed E-state index contributed by atoms with van der Waals surface area (Å²) in [5, 5.41) is 0. The highest BCUT2D eigenvalue weighted by atomic mass is 32.2. The molecule has 9 nitrogen and oxygen atoms in total. The molecule has 1 N–H and O–H groups in total. The van der Waals surface area contributed by atoms with Gasteiger partial charge in [0.05, 0.1) is 4.90 Å². The van der Waals surface area contributed by atoms with Crippen LogP contribution in [0.15, 0.2) is 115 Å². The topological polar surface area (TPSA) is 108 Å². The van der Waals surface area contributed by atoms with Crippen molar-refractivity contribution in [3.05, 3.63) is 110 Å². The largest absolute Gasteiger partial charge is 0.457 e. The molecule has 0 bridgehead atoms. The van der Waals surface area contributed by atoms with Crippen LogP contribution in [0.3, 0.4) is 0 Å². The van der Waals surface area contributed by atoms with Crippen LogP contribution in [0.1, 0.15) is 0 Å². The summed E-state index contributed by atoms with van der Waals surface area (Å²) in [7, 11) is -3.78. The van der Waals surface area contributed by atoms with Gasteiger partial charge in [0.1, 0.15) is 35.7 Å². The first-order chi connectivity index (χ1) is 17.0. The van der Waals surface area contributed by atoms with Crippen molar-refractivity contribution in [3.63, 3.8) is 0 Å². The van der Waals surface area contributed by atoms with Crippen molar-refractivity contribution in [1.82, 2.24) is 19.5 Å². The lowest BCUT2D eigenvalue weighted by atomic mass is 10.3. The second-order valence-electron chi connectivity index (χ2n) is 7.30. The Labute approximate surface area is 201 Å². The molecule has 174 valence electrons. The molecule has 0 aliphatic heterocycles. The smallest absolute Gasteiger partial charge is 0.261 e. The molecule has 3 aromatic carbocycles. The summed E-state index contributed by atoms with van der Waals surface area (Å²) in [5.74, 6) is 2.65. The van der Waals surface area contributed by atoms with Gasteiger partial charge in [0, 0.05) is 24.1 Å². The van der Waals surface area contributed by atoms with E-state index in [4.69, 9.17) is 9.47 Å². The van der Waals surface area contributed by atoms with E-state index in [1.54, 1.807) is 65.8 Å². The number of benzene rings is 3. The molecule has 0 aliphatic rings. The van der Waals surface area contributed by atoms with Crippen LogP contribution < -0.4 is 14.2 Å². The average Bonchev–Trinajstić information content (AvgIpc) is 3.42. The first-order valence-corrected chi connectivity index (χ1v) is 12.0. The number of hydrogen-bond acceptors (Lipinski definition) is 7. The molecule has 0 saturated carbocycles. The Kier molecular flexibility index (Phi) is 6.10. The Morgan fingerprint density at radius 2 is 1.46 bits per heavy atom. The van der Waals surface area contributed by atoms with Crippen molar-refractivity contribution in [3.8, 4) is 28.9 Å². The maximum Gasteiger partial charge on any atom is 0.261 e. The first kappa shape index (κ1) is 22.1. The summed E-state index contributed by atoms with van der Waals surface area (Å²) in [4.78, 5) is 12.4. The minimum absolute atomic E-state index is 0.117. The minimum atomic E-state index is -3.78. The normalized spacial score (nSPS) is 11.1. The van der Waals surface area contributed by atoms with Crippen LogP contribution in [-0.2, 0) is 10.0 Å². The molecule has 35 heavy (non-hydrogen) atoms. The third-order valence-electron chi connectivity index (χ3n) is 4.84. The Bertz CT molecular complexity index is 1510. The van der Waals surface area contributed by atoms with Crippen LogP contribution in [-0.4, -0.2) is 27.9 Å². The van der Waals surface area contributed by atoms with Crippen LogP contribution in [0.2, 0.25) is 0 Å². The van der Waals surface area contributed by atoms with Gasteiger partial charge >= 0.3 is 0 Å². The van der Waals surface area contributed by atoms with Gasteiger partial charge in [-0.15, -0.1) is 0 Å². The number of nitrogens with one attached hydrogen (secondary N) is 1. The molecule has 0 amide bonds. The van der Waals surface area contributed by atoms with E-state index in [1.807, 2.05) is 30.3 Å². The molecule has 0 aliphatic carbocycles. The molecule has 5 aromatic rings. The second kappa shape index (κ2) is 9.65. The standard InChI is InChI=1S/C25H19N5O4S/c31-35(32,23-12-10-21(11-13-23)33-20-4-2-1-3-5-20)29-19-6-8-22(9-7-19)34-25-16-24(27-17-28-25)30-15-14-26-18-30/h1-18,29H. The van der Waals surface area contributed by atoms with Crippen LogP contribution in [0.5, 0.6) is 23.1 Å². The zero-order valence-corrected chi connectivity index (χ0v) is 19.0. The molecule has 0 atom stereocenters. The summed E-state index contributed by atoms with van der Waals surface area (Å²) in [6.07, 6.45) is 6.42. The van der Waals surface area contributed by atoms with Crippen molar-refractivity contribution < 1.29 is 17.9 Å². The third kappa shape index (κ3) is 5.45. The molecule has 5 rings (SSSR count). The molecule has 2 heterocycles. The van der Waals surface area contributed by atoms with Crippen LogP contribution >= 0.6 is 0 Å². The van der Waals surface area contributed by atoms with E-state index in [9.17, 15) is 8.42 Å². The van der Waals surface area contributed by atoms with E-state index < -0.39 is 10.0 Å². The summed E-state index contributed by atoms with van der Waals surface area (Å²) < 4.78 is 41.4. The molecule has 0 radical (unpaired) electrons. The number of anilines is 1. The summed E-state index contributed by atoms with van der Waals surface area (Å²) >= 11 is 0. The first-order valence-electron chi connectivity index (χ1n) is 10.5. The number of nitrogens with zero attached hydrogens (tertiary/aromatic N) is 4. The fourth-order valence-electron chi connectivity index (χ4n) is 3.16. The van der Waals surface area contributed by atoms with Crippen LogP contribution in [0.4, 0.5) is 5.69 Å². The molecular weight excluding hydrogens is 466 g/mol. The highest BCUT2D eigenvalue weighted by molar-refractivity contribution is 7.92. The summed E-state index contributed by atoms with van der Waals surface area (Å²) in [6.45, 7) is 0. The van der Waals surface area contributed by atoms with Gasteiger partial charge in [-0.25, -0.2) is 23.4 Å². The summed E-state index contributed by atoms with van der Waals surface area (Å²) in [6, 6.07) is 23.6. The number of aromatic nitrogens is 4. The molecule has 0 saturated heterocycles. The quantitative estimate of drug-likeness (QED) is 0.328. The van der Waals surface area contributed by atoms with E-state index in [2.05, 4.69) is 19.7 Å². The maximum absolute atomic E-state index is 12.8. The number of imidazole rings is 1. The highest BCUT2D eigenvalue weighted by Crippen LogP contribution is 2.26. The lowest BCUT2D eigenvalue weighted by Gasteiger charge is -2.11. The van der Waals surface area contributed by atoms with Gasteiger partial charge in [-0.1, -0.05) is 18.2 Å². The van der Waals surface area contributed by atoms with Gasteiger partial charge in [-0.05, 0) is 60.7 Å². The third-order valence-corrected chi connectivity index (χ3v) is 6.24. The predicted octanol–water partition coefficient (Wildman–Crippen LogP) is 5.05. The Balaban J connectivity index is 1.24. The Morgan fingerprint density at radius 1 is 0.771 bits per heavy atom. The average molecular weight is 486 g/mol. The van der Waals surface area contributed by atoms with Gasteiger partial charge in [-0.2, -0.15) is 0 Å². The second-order valence-corrected chi connectivity index (χ2v) is 8.99. The van der Waals surface area contributed by atoms with Gasteiger partial charge in [0.15, 0.2) is 0 Å². The Morgan fingerprint density at radius 3 is 2.17 bits per heavy atom. The van der Waals surface area contributed by atoms with E-state index in [0.29, 0.717) is 34.6 Å². The van der Waals surface area contributed by atoms with E-state index >= 15 is 0 Å². The zero-order valence-electron chi connectivity index (χ0n) is 18.2. The monoisotopic (exact) mass is 485 g/mol. The van der Waals surface area contributed by atoms with Gasteiger partial charge in [0.25, 0.3) is 10.0 Å². The van der Waals surface area contributed by atoms with Crippen molar-refractivity contribution in [1.29, 1.82) is 0 Å². The fourth-order valence-corrected chi connectivity index (χ4v) is 4.22. The predicted molar refractivity (Wildman–Crippen MR) is 129 cm³/mol. The lowest BCUT2D eigenvalue weighted by Crippen LogP contribution is -2.12. The van der Waals surface area contributed by atoms with E-state index in [-0.39, 0.29) is 4.90 Å². The number of ether oxygens (including phenoxy) is 2.